The van der Waals surface area contributed by atoms with E-state index in [-0.39, 0.29) is 22.9 Å². The van der Waals surface area contributed by atoms with Gasteiger partial charge < -0.3 is 36.3 Å². The van der Waals surface area contributed by atoms with Crippen molar-refractivity contribution >= 4 is 38.6 Å². The highest BCUT2D eigenvalue weighted by molar-refractivity contribution is 7.48. The number of phosphoric acid groups is 2. The molecule has 47 heavy (non-hydrogen) atoms. The topological polar surface area (TPSA) is 319 Å². The van der Waals surface area contributed by atoms with Gasteiger partial charge in [-0.15, -0.1) is 0 Å². The Labute approximate surface area is 263 Å². The van der Waals surface area contributed by atoms with E-state index in [0.29, 0.717) is 0 Å². The van der Waals surface area contributed by atoms with Gasteiger partial charge in [-0.1, -0.05) is 0 Å². The number of aromatic amines is 1. The Bertz CT molecular complexity index is 1800. The predicted octanol–water partition coefficient (Wildman–Crippen LogP) is -2.01. The molecule has 0 spiro atoms. The SMILES string of the molecule is COP(=O)(OC)OC[C@H]1O[C@@H](n2cnc3c(=O)[nH]c(N)nc32)C(O)C1OP(=O)(OC)OC[C@H]1O[C@@H](n2ccc(N)nc2=O)C(O)C1O. The number of phosphoric ester groups is 2. The summed E-state index contributed by atoms with van der Waals surface area (Å²) in [5.41, 5.74) is 9.40. The maximum Gasteiger partial charge on any atom is 0.475 e. The second-order valence-corrected chi connectivity index (χ2v) is 13.6. The third-order valence-electron chi connectivity index (χ3n) is 7.21. The number of ether oxygens (including phenoxy) is 2. The molecule has 0 radical (unpaired) electrons. The van der Waals surface area contributed by atoms with Crippen molar-refractivity contribution < 1.29 is 61.1 Å². The molecule has 2 fully saturated rings. The summed E-state index contributed by atoms with van der Waals surface area (Å²) >= 11 is 0. The Balaban J connectivity index is 1.37. The average Bonchev–Trinajstić information content (AvgIpc) is 3.68. The van der Waals surface area contributed by atoms with Crippen LogP contribution < -0.4 is 22.7 Å². The van der Waals surface area contributed by atoms with Gasteiger partial charge in [-0.2, -0.15) is 9.97 Å². The van der Waals surface area contributed by atoms with Gasteiger partial charge >= 0.3 is 21.3 Å². The Kier molecular flexibility index (Phi) is 10.3. The molecule has 0 amide bonds. The minimum absolute atomic E-state index is 0.0797. The lowest BCUT2D eigenvalue weighted by atomic mass is 10.1. The van der Waals surface area contributed by atoms with E-state index in [1.54, 1.807) is 0 Å². The average molecular weight is 710 g/mol. The van der Waals surface area contributed by atoms with Crippen LogP contribution in [-0.2, 0) is 45.7 Å². The van der Waals surface area contributed by atoms with Crippen LogP contribution >= 0.6 is 15.6 Å². The van der Waals surface area contributed by atoms with Crippen molar-refractivity contribution in [3.8, 4) is 0 Å². The first-order valence-corrected chi connectivity index (χ1v) is 16.4. The fraction of sp³-hybridized carbons (Fsp3) is 0.591. The van der Waals surface area contributed by atoms with Crippen LogP contribution in [0.1, 0.15) is 12.5 Å². The minimum Gasteiger partial charge on any atom is -0.387 e. The van der Waals surface area contributed by atoms with Gasteiger partial charge in [0, 0.05) is 27.5 Å². The molecule has 23 nitrogen and oxygen atoms in total. The lowest BCUT2D eigenvalue weighted by Gasteiger charge is -2.26. The summed E-state index contributed by atoms with van der Waals surface area (Å²) in [4.78, 5) is 38.4. The summed E-state index contributed by atoms with van der Waals surface area (Å²) in [6.07, 6.45) is -9.91. The van der Waals surface area contributed by atoms with E-state index in [2.05, 4.69) is 19.9 Å². The molecule has 2 aliphatic rings. The molecule has 260 valence electrons. The molecule has 3 aromatic heterocycles. The van der Waals surface area contributed by atoms with Gasteiger partial charge in [-0.05, 0) is 6.07 Å². The van der Waals surface area contributed by atoms with Crippen LogP contribution in [0.4, 0.5) is 11.8 Å². The summed E-state index contributed by atoms with van der Waals surface area (Å²) < 4.78 is 70.6. The van der Waals surface area contributed by atoms with Crippen molar-refractivity contribution in [3.05, 3.63) is 39.4 Å². The van der Waals surface area contributed by atoms with Crippen molar-refractivity contribution in [2.24, 2.45) is 0 Å². The number of hydrogen-bond acceptors (Lipinski definition) is 20. The smallest absolute Gasteiger partial charge is 0.387 e. The van der Waals surface area contributed by atoms with Crippen LogP contribution in [0.5, 0.6) is 0 Å². The maximum atomic E-state index is 13.7. The summed E-state index contributed by atoms with van der Waals surface area (Å²) in [5.74, 6) is -0.340. The molecular formula is C22H32N8O15P2. The molecular weight excluding hydrogens is 678 g/mol. The molecule has 2 aliphatic heterocycles. The van der Waals surface area contributed by atoms with E-state index < -0.39 is 89.2 Å². The zero-order chi connectivity index (χ0) is 34.3. The summed E-state index contributed by atoms with van der Waals surface area (Å²) in [6.45, 7) is -1.35. The van der Waals surface area contributed by atoms with Crippen LogP contribution in [0.15, 0.2) is 28.2 Å². The number of fused-ring (bicyclic) bond motifs is 1. The molecule has 9 atom stereocenters. The molecule has 25 heteroatoms. The first-order chi connectivity index (χ1) is 22.2. The summed E-state index contributed by atoms with van der Waals surface area (Å²) in [7, 11) is -5.70. The van der Waals surface area contributed by atoms with Gasteiger partial charge in [0.05, 0.1) is 19.5 Å². The van der Waals surface area contributed by atoms with E-state index in [0.717, 1.165) is 36.8 Å². The van der Waals surface area contributed by atoms with Crippen LogP contribution in [0.2, 0.25) is 0 Å². The van der Waals surface area contributed by atoms with Crippen molar-refractivity contribution in [2.75, 3.05) is 46.0 Å². The van der Waals surface area contributed by atoms with Gasteiger partial charge in [0.25, 0.3) is 5.56 Å². The highest BCUT2D eigenvalue weighted by atomic mass is 31.2. The third-order valence-corrected chi connectivity index (χ3v) is 9.99. The van der Waals surface area contributed by atoms with Gasteiger partial charge in [0.2, 0.25) is 5.95 Å². The fourth-order valence-electron chi connectivity index (χ4n) is 4.84. The molecule has 0 aliphatic carbocycles. The van der Waals surface area contributed by atoms with E-state index in [9.17, 15) is 34.0 Å². The van der Waals surface area contributed by atoms with E-state index in [1.165, 1.54) is 12.3 Å². The van der Waals surface area contributed by atoms with Gasteiger partial charge in [-0.25, -0.2) is 18.9 Å². The number of aliphatic hydroxyl groups excluding tert-OH is 3. The third kappa shape index (κ3) is 7.03. The predicted molar refractivity (Wildman–Crippen MR) is 154 cm³/mol. The highest BCUT2D eigenvalue weighted by Crippen LogP contribution is 2.54. The summed E-state index contributed by atoms with van der Waals surface area (Å²) in [5, 5.41) is 32.4. The zero-order valence-corrected chi connectivity index (χ0v) is 26.6. The number of aliphatic hydroxyl groups is 3. The standard InChI is InChI=1S/C22H32N8O15P2/c1-38-46(36,39-2)41-7-10-16(15(33)20(44-10)30-8-25-12-17(30)27-21(24)28-18(12)34)45-47(37,40-3)42-6-9-13(31)14(32)19(43-9)29-5-4-11(23)26-22(29)35/h4-5,8-10,13-16,19-20,31-33H,6-7H2,1-3H3,(H2,23,26,35)(H3,24,27,28,34)/t9-,10-,13?,14?,15?,16?,19-,20-,47?/m1/s1. The Morgan fingerprint density at radius 3 is 2.17 bits per heavy atom. The normalized spacial score (nSPS) is 29.4. The minimum atomic E-state index is -4.69. The van der Waals surface area contributed by atoms with Gasteiger partial charge in [-0.3, -0.25) is 46.1 Å². The summed E-state index contributed by atoms with van der Waals surface area (Å²) in [6, 6.07) is 1.27. The van der Waals surface area contributed by atoms with Crippen LogP contribution in [0.25, 0.3) is 11.2 Å². The first-order valence-electron chi connectivity index (χ1n) is 13.5. The van der Waals surface area contributed by atoms with Crippen molar-refractivity contribution in [2.45, 2.75) is 49.1 Å². The number of aromatic nitrogens is 6. The maximum absolute atomic E-state index is 13.7. The molecule has 0 saturated carbocycles. The molecule has 5 unspecified atom stereocenters. The number of nitrogens with zero attached hydrogens (tertiary/aromatic N) is 5. The number of nitrogens with one attached hydrogen (secondary N) is 1. The van der Waals surface area contributed by atoms with Crippen molar-refractivity contribution in [1.29, 1.82) is 0 Å². The van der Waals surface area contributed by atoms with Crippen molar-refractivity contribution in [3.63, 3.8) is 0 Å². The lowest BCUT2D eigenvalue weighted by molar-refractivity contribution is -0.0620. The zero-order valence-electron chi connectivity index (χ0n) is 24.8. The monoisotopic (exact) mass is 710 g/mol. The van der Waals surface area contributed by atoms with Gasteiger partial charge in [0.15, 0.2) is 23.6 Å². The van der Waals surface area contributed by atoms with E-state index in [4.69, 9.17) is 48.1 Å². The molecule has 5 rings (SSSR count). The Morgan fingerprint density at radius 1 is 0.894 bits per heavy atom. The highest BCUT2D eigenvalue weighted by Gasteiger charge is 2.52. The van der Waals surface area contributed by atoms with Gasteiger partial charge in [0.1, 0.15) is 42.4 Å². The fourth-order valence-corrected chi connectivity index (χ4v) is 6.67. The molecule has 5 heterocycles. The second kappa shape index (κ2) is 13.8. The van der Waals surface area contributed by atoms with Crippen LogP contribution in [-0.4, -0.2) is 116 Å². The Hall–Kier alpha value is -3.15. The number of imidazole rings is 1. The number of nitrogens with two attached hydrogens (primary N) is 2. The largest absolute Gasteiger partial charge is 0.475 e. The van der Waals surface area contributed by atoms with E-state index >= 15 is 0 Å². The molecule has 0 bridgehead atoms. The second-order valence-electron chi connectivity index (χ2n) is 10.0. The van der Waals surface area contributed by atoms with Crippen LogP contribution in [0, 0.1) is 0 Å². The Morgan fingerprint density at radius 2 is 1.51 bits per heavy atom. The number of anilines is 2. The number of rotatable bonds is 13. The molecule has 2 saturated heterocycles. The van der Waals surface area contributed by atoms with Crippen LogP contribution in [0.3, 0.4) is 0 Å². The van der Waals surface area contributed by atoms with Crippen molar-refractivity contribution in [1.82, 2.24) is 29.1 Å². The molecule has 8 N–H and O–H groups in total. The molecule has 3 aromatic rings. The first kappa shape index (κ1) is 35.2. The quantitative estimate of drug-likeness (QED) is 0.104. The van der Waals surface area contributed by atoms with E-state index in [1.807, 2.05) is 0 Å². The molecule has 0 aromatic carbocycles. The number of H-pyrrole nitrogens is 1. The number of hydrogen-bond donors (Lipinski definition) is 6. The number of nitrogen functional groups attached to an aromatic ring is 2. The lowest BCUT2D eigenvalue weighted by Crippen LogP contribution is -2.37.